The van der Waals surface area contributed by atoms with Gasteiger partial charge in [-0.05, 0) is 30.7 Å². The number of ether oxygens (including phenoxy) is 2. The number of hydrogen-bond acceptors (Lipinski definition) is 5. The Kier molecular flexibility index (Phi) is 13.4. The highest BCUT2D eigenvalue weighted by Gasteiger charge is 2.12. The number of rotatable bonds is 10. The van der Waals surface area contributed by atoms with E-state index in [0.717, 1.165) is 51.4 Å². The van der Waals surface area contributed by atoms with E-state index in [1.807, 2.05) is 11.9 Å². The highest BCUT2D eigenvalue weighted by atomic mass is 127. The lowest BCUT2D eigenvalue weighted by Gasteiger charge is -2.27. The first-order valence-electron chi connectivity index (χ1n) is 10.4. The summed E-state index contributed by atoms with van der Waals surface area (Å²) >= 11 is 0. The monoisotopic (exact) mass is 569 g/mol. The highest BCUT2D eigenvalue weighted by molar-refractivity contribution is 14.0. The van der Waals surface area contributed by atoms with Gasteiger partial charge < -0.3 is 24.6 Å². The molecule has 182 valence electrons. The predicted octanol–water partition coefficient (Wildman–Crippen LogP) is 2.09. The van der Waals surface area contributed by atoms with Crippen molar-refractivity contribution < 1.29 is 23.0 Å². The molecule has 11 heteroatoms. The fourth-order valence-corrected chi connectivity index (χ4v) is 3.05. The van der Waals surface area contributed by atoms with E-state index >= 15 is 0 Å². The number of amides is 1. The van der Waals surface area contributed by atoms with E-state index in [9.17, 15) is 13.6 Å². The van der Waals surface area contributed by atoms with Gasteiger partial charge >= 0.3 is 6.61 Å². The van der Waals surface area contributed by atoms with Crippen molar-refractivity contribution in [3.8, 4) is 5.75 Å². The molecule has 0 saturated carbocycles. The number of hydrogen-bond donors (Lipinski definition) is 1. The molecule has 0 atom stereocenters. The number of nitrogens with zero attached hydrogens (tertiary/aromatic N) is 4. The van der Waals surface area contributed by atoms with Crippen molar-refractivity contribution in [2.75, 3.05) is 67.1 Å². The maximum atomic E-state index is 12.3. The largest absolute Gasteiger partial charge is 0.435 e. The average Bonchev–Trinajstić information content (AvgIpc) is 2.74. The van der Waals surface area contributed by atoms with Gasteiger partial charge in [-0.15, -0.1) is 24.0 Å². The van der Waals surface area contributed by atoms with Crippen LogP contribution in [0.2, 0.25) is 0 Å². The van der Waals surface area contributed by atoms with Crippen LogP contribution in [0.4, 0.5) is 8.78 Å². The Morgan fingerprint density at radius 3 is 2.47 bits per heavy atom. The summed E-state index contributed by atoms with van der Waals surface area (Å²) in [5.74, 6) is 0.646. The number of carbonyl (C=O) groups is 1. The van der Waals surface area contributed by atoms with E-state index in [-0.39, 0.29) is 42.2 Å². The van der Waals surface area contributed by atoms with Crippen molar-refractivity contribution in [2.24, 2.45) is 4.99 Å². The first-order valence-corrected chi connectivity index (χ1v) is 10.4. The number of aliphatic imine (C=N–C) groups is 1. The molecule has 1 fully saturated rings. The topological polar surface area (TPSA) is 69.6 Å². The molecule has 8 nitrogen and oxygen atoms in total. The molecule has 0 aromatic heterocycles. The number of guanidine groups is 1. The van der Waals surface area contributed by atoms with Crippen LogP contribution in [0.5, 0.6) is 5.75 Å². The Morgan fingerprint density at radius 1 is 1.22 bits per heavy atom. The Labute approximate surface area is 205 Å². The number of likely N-dealkylation sites (N-methyl/N-ethyl adjacent to an activating group) is 1. The van der Waals surface area contributed by atoms with Gasteiger partial charge in [0.15, 0.2) is 5.96 Å². The Hall–Kier alpha value is -1.73. The van der Waals surface area contributed by atoms with E-state index in [1.54, 1.807) is 26.2 Å². The second-order valence-electron chi connectivity index (χ2n) is 7.54. The van der Waals surface area contributed by atoms with Gasteiger partial charge in [-0.25, -0.2) is 4.99 Å². The number of nitrogens with one attached hydrogen (secondary N) is 1. The zero-order chi connectivity index (χ0) is 22.6. The summed E-state index contributed by atoms with van der Waals surface area (Å²) in [4.78, 5) is 22.2. The second-order valence-corrected chi connectivity index (χ2v) is 7.54. The van der Waals surface area contributed by atoms with Gasteiger partial charge in [0.1, 0.15) is 12.3 Å². The zero-order valence-corrected chi connectivity index (χ0v) is 21.3. The van der Waals surface area contributed by atoms with Crippen LogP contribution in [0, 0.1) is 0 Å². The molecule has 1 aliphatic rings. The number of halogens is 3. The molecular formula is C21H34F2IN5O3. The summed E-state index contributed by atoms with van der Waals surface area (Å²) in [6, 6.07) is 6.49. The van der Waals surface area contributed by atoms with E-state index in [4.69, 9.17) is 4.74 Å². The molecule has 1 N–H and O–H groups in total. The Bertz CT molecular complexity index is 701. The molecular weight excluding hydrogens is 535 g/mol. The Morgan fingerprint density at radius 2 is 1.88 bits per heavy atom. The van der Waals surface area contributed by atoms with Gasteiger partial charge in [0.25, 0.3) is 0 Å². The average molecular weight is 569 g/mol. The molecule has 1 amide bonds. The number of alkyl halides is 2. The lowest BCUT2D eigenvalue weighted by molar-refractivity contribution is -0.127. The van der Waals surface area contributed by atoms with Gasteiger partial charge in [0, 0.05) is 47.3 Å². The number of carbonyl (C=O) groups excluding carboxylic acids is 1. The quantitative estimate of drug-likeness (QED) is 0.202. The minimum atomic E-state index is -2.84. The normalized spacial score (nSPS) is 14.6. The summed E-state index contributed by atoms with van der Waals surface area (Å²) < 4.78 is 34.4. The fourth-order valence-electron chi connectivity index (χ4n) is 3.05. The van der Waals surface area contributed by atoms with Crippen LogP contribution in [-0.2, 0) is 16.1 Å². The molecule has 1 aliphatic heterocycles. The number of morpholine rings is 1. The van der Waals surface area contributed by atoms with Crippen molar-refractivity contribution in [3.05, 3.63) is 29.8 Å². The molecule has 2 rings (SSSR count). The molecule has 32 heavy (non-hydrogen) atoms. The second kappa shape index (κ2) is 15.2. The van der Waals surface area contributed by atoms with Gasteiger partial charge in [-0.1, -0.05) is 12.1 Å². The van der Waals surface area contributed by atoms with Crippen LogP contribution in [0.3, 0.4) is 0 Å². The minimum Gasteiger partial charge on any atom is -0.435 e. The van der Waals surface area contributed by atoms with Crippen molar-refractivity contribution in [1.82, 2.24) is 20.0 Å². The molecule has 1 saturated heterocycles. The third-order valence-electron chi connectivity index (χ3n) is 4.83. The molecule has 0 bridgehead atoms. The molecule has 0 spiro atoms. The highest BCUT2D eigenvalue weighted by Crippen LogP contribution is 2.15. The fraction of sp³-hybridized carbons (Fsp3) is 0.619. The SMILES string of the molecule is CN(C)C(=O)CN=C(NCCCN1CCOCC1)N(C)Cc1ccc(OC(F)F)cc1.I. The van der Waals surface area contributed by atoms with Crippen LogP contribution < -0.4 is 10.1 Å². The van der Waals surface area contributed by atoms with Crippen molar-refractivity contribution in [2.45, 2.75) is 19.6 Å². The maximum absolute atomic E-state index is 12.3. The summed E-state index contributed by atoms with van der Waals surface area (Å²) in [6.07, 6.45) is 0.939. The zero-order valence-electron chi connectivity index (χ0n) is 18.9. The minimum absolute atomic E-state index is 0. The molecule has 0 radical (unpaired) electrons. The third-order valence-corrected chi connectivity index (χ3v) is 4.83. The standard InChI is InChI=1S/C21H33F2N5O3.HI/c1-26(2)19(29)15-25-21(24-9-4-10-28-11-13-30-14-12-28)27(3)16-17-5-7-18(8-6-17)31-20(22)23;/h5-8,20H,4,9-16H2,1-3H3,(H,24,25);1H. The molecule has 1 heterocycles. The van der Waals surface area contributed by atoms with E-state index in [1.165, 1.54) is 17.0 Å². The van der Waals surface area contributed by atoms with Crippen LogP contribution in [0.15, 0.2) is 29.3 Å². The van der Waals surface area contributed by atoms with E-state index in [0.29, 0.717) is 12.5 Å². The first kappa shape index (κ1) is 28.3. The lowest BCUT2D eigenvalue weighted by atomic mass is 10.2. The van der Waals surface area contributed by atoms with Crippen LogP contribution >= 0.6 is 24.0 Å². The summed E-state index contributed by atoms with van der Waals surface area (Å²) in [6.45, 7) is 2.83. The smallest absolute Gasteiger partial charge is 0.387 e. The van der Waals surface area contributed by atoms with Crippen molar-refractivity contribution in [3.63, 3.8) is 0 Å². The van der Waals surface area contributed by atoms with Crippen LogP contribution in [0.1, 0.15) is 12.0 Å². The Balaban J connectivity index is 0.00000512. The van der Waals surface area contributed by atoms with Crippen molar-refractivity contribution >= 4 is 35.8 Å². The predicted molar refractivity (Wildman–Crippen MR) is 131 cm³/mol. The summed E-state index contributed by atoms with van der Waals surface area (Å²) in [5, 5.41) is 3.33. The van der Waals surface area contributed by atoms with Crippen LogP contribution in [-0.4, -0.2) is 100 Å². The maximum Gasteiger partial charge on any atom is 0.387 e. The lowest BCUT2D eigenvalue weighted by Crippen LogP contribution is -2.42. The van der Waals surface area contributed by atoms with Gasteiger partial charge in [-0.3, -0.25) is 9.69 Å². The van der Waals surface area contributed by atoms with E-state index < -0.39 is 6.61 Å². The summed E-state index contributed by atoms with van der Waals surface area (Å²) in [5.41, 5.74) is 0.908. The summed E-state index contributed by atoms with van der Waals surface area (Å²) in [7, 11) is 5.26. The molecule has 1 aromatic rings. The van der Waals surface area contributed by atoms with E-state index in [2.05, 4.69) is 19.9 Å². The van der Waals surface area contributed by atoms with Gasteiger partial charge in [0.2, 0.25) is 5.91 Å². The van der Waals surface area contributed by atoms with Gasteiger partial charge in [0.05, 0.1) is 13.2 Å². The van der Waals surface area contributed by atoms with Crippen LogP contribution in [0.25, 0.3) is 0 Å². The third kappa shape index (κ3) is 10.7. The number of benzene rings is 1. The van der Waals surface area contributed by atoms with Gasteiger partial charge in [-0.2, -0.15) is 8.78 Å². The molecule has 0 unspecified atom stereocenters. The first-order chi connectivity index (χ1) is 14.8. The molecule has 0 aliphatic carbocycles. The molecule has 1 aromatic carbocycles. The van der Waals surface area contributed by atoms with Crippen molar-refractivity contribution in [1.29, 1.82) is 0 Å².